The lowest BCUT2D eigenvalue weighted by molar-refractivity contribution is 0.0974. The summed E-state index contributed by atoms with van der Waals surface area (Å²) in [6, 6.07) is 9.34. The maximum atomic E-state index is 13.0. The van der Waals surface area contributed by atoms with Gasteiger partial charge in [-0.05, 0) is 37.3 Å². The average molecular weight is 326 g/mol. The third-order valence-corrected chi connectivity index (χ3v) is 4.29. The molecule has 0 amide bonds. The van der Waals surface area contributed by atoms with Crippen molar-refractivity contribution in [3.8, 4) is 17.3 Å². The fourth-order valence-electron chi connectivity index (χ4n) is 2.10. The first-order chi connectivity index (χ1) is 11.1. The zero-order valence-electron chi connectivity index (χ0n) is 12.1. The maximum Gasteiger partial charge on any atom is 0.204 e. The van der Waals surface area contributed by atoms with Crippen LogP contribution in [0.3, 0.4) is 0 Å². The second kappa shape index (κ2) is 6.10. The number of Topliss-reactive ketones (excluding diaryl/α,β-unsaturated/α-hetero) is 1. The number of aromatic amines is 1. The van der Waals surface area contributed by atoms with Crippen LogP contribution >= 0.6 is 11.3 Å². The number of nitrogens with one attached hydrogen (secondary N) is 1. The van der Waals surface area contributed by atoms with Crippen molar-refractivity contribution in [3.63, 3.8) is 0 Å². The number of aryl methyl sites for hydroxylation is 1. The number of halogens is 1. The Bertz CT molecular complexity index is 891. The molecule has 1 aromatic carbocycles. The molecule has 0 aliphatic rings. The Kier molecular flexibility index (Phi) is 4.00. The summed E-state index contributed by atoms with van der Waals surface area (Å²) in [5.41, 5.74) is 2.19. The number of thiazole rings is 1. The second-order valence-corrected chi connectivity index (χ2v) is 5.82. The van der Waals surface area contributed by atoms with Gasteiger partial charge in [-0.2, -0.15) is 10.4 Å². The predicted molar refractivity (Wildman–Crippen MR) is 83.5 cm³/mol. The van der Waals surface area contributed by atoms with E-state index in [0.717, 1.165) is 5.69 Å². The molecule has 0 spiro atoms. The summed E-state index contributed by atoms with van der Waals surface area (Å²) in [7, 11) is 0. The van der Waals surface area contributed by atoms with Gasteiger partial charge < -0.3 is 0 Å². The minimum Gasteiger partial charge on any atom is -0.290 e. The van der Waals surface area contributed by atoms with E-state index in [1.807, 2.05) is 13.0 Å². The van der Waals surface area contributed by atoms with E-state index < -0.39 is 5.92 Å². The van der Waals surface area contributed by atoms with Crippen molar-refractivity contribution < 1.29 is 9.18 Å². The van der Waals surface area contributed by atoms with E-state index in [1.54, 1.807) is 23.6 Å². The van der Waals surface area contributed by atoms with Crippen LogP contribution in [0, 0.1) is 24.1 Å². The molecule has 0 bridgehead atoms. The normalized spacial score (nSPS) is 11.9. The Hall–Kier alpha value is -2.85. The SMILES string of the molecule is Cc1csc(C(C#N)C(=O)c2cc(-c3ccc(F)cc3)n[nH]2)n1. The van der Waals surface area contributed by atoms with Gasteiger partial charge in [0.15, 0.2) is 5.92 Å². The van der Waals surface area contributed by atoms with E-state index in [1.165, 1.54) is 23.5 Å². The molecule has 0 aliphatic carbocycles. The number of benzene rings is 1. The summed E-state index contributed by atoms with van der Waals surface area (Å²) in [4.78, 5) is 16.7. The smallest absolute Gasteiger partial charge is 0.204 e. The number of nitriles is 1. The number of hydrogen-bond acceptors (Lipinski definition) is 5. The quantitative estimate of drug-likeness (QED) is 0.744. The standard InChI is InChI=1S/C16H11FN4OS/c1-9-8-23-16(19-9)12(7-18)15(22)14-6-13(20-21-14)10-2-4-11(17)5-3-10/h2-6,8,12H,1H3,(H,20,21). The predicted octanol–water partition coefficient (Wildman–Crippen LogP) is 3.47. The van der Waals surface area contributed by atoms with Gasteiger partial charge >= 0.3 is 0 Å². The summed E-state index contributed by atoms with van der Waals surface area (Å²) in [6.07, 6.45) is 0. The molecule has 1 N–H and O–H groups in total. The Morgan fingerprint density at radius 2 is 2.13 bits per heavy atom. The lowest BCUT2D eigenvalue weighted by atomic mass is 10.0. The summed E-state index contributed by atoms with van der Waals surface area (Å²) < 4.78 is 13.0. The monoisotopic (exact) mass is 326 g/mol. The summed E-state index contributed by atoms with van der Waals surface area (Å²) in [5, 5.41) is 18.3. The topological polar surface area (TPSA) is 82.4 Å². The van der Waals surface area contributed by atoms with E-state index in [-0.39, 0.29) is 17.3 Å². The van der Waals surface area contributed by atoms with Crippen LogP contribution in [0.1, 0.15) is 27.1 Å². The highest BCUT2D eigenvalue weighted by Gasteiger charge is 2.26. The Labute approximate surface area is 135 Å². The van der Waals surface area contributed by atoms with Crippen molar-refractivity contribution in [2.75, 3.05) is 0 Å². The van der Waals surface area contributed by atoms with Crippen molar-refractivity contribution in [3.05, 3.63) is 57.9 Å². The highest BCUT2D eigenvalue weighted by Crippen LogP contribution is 2.25. The third kappa shape index (κ3) is 3.03. The van der Waals surface area contributed by atoms with Crippen molar-refractivity contribution in [2.45, 2.75) is 12.8 Å². The number of nitrogens with zero attached hydrogens (tertiary/aromatic N) is 3. The molecule has 3 rings (SSSR count). The van der Waals surface area contributed by atoms with Crippen LogP contribution in [-0.2, 0) is 0 Å². The average Bonchev–Trinajstić information content (AvgIpc) is 3.18. The van der Waals surface area contributed by atoms with Gasteiger partial charge in [0.05, 0.1) is 11.8 Å². The van der Waals surface area contributed by atoms with Crippen LogP contribution in [0.4, 0.5) is 4.39 Å². The van der Waals surface area contributed by atoms with Crippen molar-refractivity contribution in [1.82, 2.24) is 15.2 Å². The van der Waals surface area contributed by atoms with Gasteiger partial charge in [0.2, 0.25) is 5.78 Å². The van der Waals surface area contributed by atoms with Gasteiger partial charge in [0, 0.05) is 16.6 Å². The minimum atomic E-state index is -0.963. The van der Waals surface area contributed by atoms with E-state index in [0.29, 0.717) is 16.3 Å². The number of rotatable bonds is 4. The molecule has 114 valence electrons. The molecule has 0 saturated heterocycles. The van der Waals surface area contributed by atoms with Gasteiger partial charge in [-0.25, -0.2) is 9.37 Å². The Morgan fingerprint density at radius 1 is 1.39 bits per heavy atom. The maximum absolute atomic E-state index is 13.0. The van der Waals surface area contributed by atoms with Crippen molar-refractivity contribution in [1.29, 1.82) is 5.26 Å². The van der Waals surface area contributed by atoms with Gasteiger partial charge in [0.25, 0.3) is 0 Å². The molecule has 5 nitrogen and oxygen atoms in total. The van der Waals surface area contributed by atoms with E-state index in [2.05, 4.69) is 15.2 Å². The number of carbonyl (C=O) groups is 1. The van der Waals surface area contributed by atoms with Crippen LogP contribution < -0.4 is 0 Å². The summed E-state index contributed by atoms with van der Waals surface area (Å²) in [5.74, 6) is -1.69. The fraction of sp³-hybridized carbons (Fsp3) is 0.125. The first-order valence-electron chi connectivity index (χ1n) is 6.75. The van der Waals surface area contributed by atoms with Gasteiger partial charge in [-0.15, -0.1) is 11.3 Å². The van der Waals surface area contributed by atoms with Crippen molar-refractivity contribution in [2.24, 2.45) is 0 Å². The zero-order chi connectivity index (χ0) is 16.4. The molecule has 2 heterocycles. The molecule has 7 heteroatoms. The van der Waals surface area contributed by atoms with Crippen LogP contribution in [0.15, 0.2) is 35.7 Å². The number of H-pyrrole nitrogens is 1. The highest BCUT2D eigenvalue weighted by atomic mass is 32.1. The molecule has 0 radical (unpaired) electrons. The van der Waals surface area contributed by atoms with E-state index in [9.17, 15) is 14.4 Å². The molecule has 0 aliphatic heterocycles. The van der Waals surface area contributed by atoms with Gasteiger partial charge in [-0.1, -0.05) is 0 Å². The fourth-order valence-corrected chi connectivity index (χ4v) is 2.94. The minimum absolute atomic E-state index is 0.226. The number of hydrogen-bond donors (Lipinski definition) is 1. The molecule has 1 atom stereocenters. The Morgan fingerprint density at radius 3 is 2.74 bits per heavy atom. The van der Waals surface area contributed by atoms with Gasteiger partial charge in [-0.3, -0.25) is 9.89 Å². The van der Waals surface area contributed by atoms with Crippen molar-refractivity contribution >= 4 is 17.1 Å². The second-order valence-electron chi connectivity index (χ2n) is 4.93. The number of ketones is 1. The highest BCUT2D eigenvalue weighted by molar-refractivity contribution is 7.10. The summed E-state index contributed by atoms with van der Waals surface area (Å²) >= 11 is 1.28. The van der Waals surface area contributed by atoms with E-state index >= 15 is 0 Å². The van der Waals surface area contributed by atoms with Crippen LogP contribution in [-0.4, -0.2) is 21.0 Å². The summed E-state index contributed by atoms with van der Waals surface area (Å²) in [6.45, 7) is 1.81. The molecule has 23 heavy (non-hydrogen) atoms. The molecule has 0 fully saturated rings. The zero-order valence-corrected chi connectivity index (χ0v) is 12.9. The molecule has 0 saturated carbocycles. The van der Waals surface area contributed by atoms with Crippen LogP contribution in [0.2, 0.25) is 0 Å². The number of aromatic nitrogens is 3. The number of carbonyl (C=O) groups excluding carboxylic acids is 1. The largest absolute Gasteiger partial charge is 0.290 e. The van der Waals surface area contributed by atoms with Gasteiger partial charge in [0.1, 0.15) is 16.5 Å². The molecular formula is C16H11FN4OS. The molecule has 1 unspecified atom stereocenters. The first kappa shape index (κ1) is 15.1. The molecule has 3 aromatic rings. The lowest BCUT2D eigenvalue weighted by Crippen LogP contribution is -2.11. The first-order valence-corrected chi connectivity index (χ1v) is 7.63. The lowest BCUT2D eigenvalue weighted by Gasteiger charge is -2.02. The Balaban J connectivity index is 1.88. The molecule has 2 aromatic heterocycles. The van der Waals surface area contributed by atoms with Crippen LogP contribution in [0.25, 0.3) is 11.3 Å². The third-order valence-electron chi connectivity index (χ3n) is 3.26. The van der Waals surface area contributed by atoms with E-state index in [4.69, 9.17) is 0 Å². The van der Waals surface area contributed by atoms with Crippen LogP contribution in [0.5, 0.6) is 0 Å². The molecular weight excluding hydrogens is 315 g/mol.